The van der Waals surface area contributed by atoms with Crippen molar-refractivity contribution in [2.75, 3.05) is 6.54 Å². The Bertz CT molecular complexity index is 3990. The summed E-state index contributed by atoms with van der Waals surface area (Å²) < 4.78 is 46.2. The van der Waals surface area contributed by atoms with Gasteiger partial charge >= 0.3 is 6.09 Å². The molecule has 0 spiro atoms. The average Bonchev–Trinajstić information content (AvgIpc) is 3.66. The van der Waals surface area contributed by atoms with E-state index in [1.54, 1.807) is 36.7 Å². The average molecular weight is 1110 g/mol. The number of halogens is 2. The third-order valence-electron chi connectivity index (χ3n) is 14.2. The number of pyridine rings is 2. The smallest absolute Gasteiger partial charge is 0.412 e. The van der Waals surface area contributed by atoms with Crippen molar-refractivity contribution in [3.05, 3.63) is 274 Å². The van der Waals surface area contributed by atoms with Crippen molar-refractivity contribution in [3.63, 3.8) is 0 Å². The summed E-state index contributed by atoms with van der Waals surface area (Å²) in [5.41, 5.74) is 4.62. The fourth-order valence-corrected chi connectivity index (χ4v) is 10.1. The number of aromatic hydroxyl groups is 1. The summed E-state index contributed by atoms with van der Waals surface area (Å²) in [6.45, 7) is 2.17. The topological polar surface area (TPSA) is 178 Å². The highest BCUT2D eigenvalue weighted by Gasteiger charge is 2.45. The molecule has 5 amide bonds. The number of phenols is 1. The number of ether oxygens (including phenoxy) is 3. The molecule has 0 unspecified atom stereocenters. The molecule has 8 aromatic carbocycles. The molecule has 4 heterocycles. The molecular formula is C67H51F2N5O9. The van der Waals surface area contributed by atoms with E-state index in [0.29, 0.717) is 28.4 Å². The minimum atomic E-state index is -0.756. The Morgan fingerprint density at radius 2 is 0.867 bits per heavy atom. The molecule has 14 nitrogen and oxygen atoms in total. The largest absolute Gasteiger partial charge is 0.506 e. The van der Waals surface area contributed by atoms with Crippen molar-refractivity contribution >= 4 is 51.5 Å². The highest BCUT2D eigenvalue weighted by Crippen LogP contribution is 2.48. The van der Waals surface area contributed by atoms with Crippen molar-refractivity contribution in [2.45, 2.75) is 45.1 Å². The van der Waals surface area contributed by atoms with Gasteiger partial charge in [-0.1, -0.05) is 159 Å². The summed E-state index contributed by atoms with van der Waals surface area (Å²) in [6.07, 6.45) is 2.65. The molecule has 83 heavy (non-hydrogen) atoms. The second-order valence-electron chi connectivity index (χ2n) is 19.6. The van der Waals surface area contributed by atoms with Crippen molar-refractivity contribution < 1.29 is 52.1 Å². The van der Waals surface area contributed by atoms with Crippen LogP contribution in [-0.4, -0.2) is 61.1 Å². The summed E-state index contributed by atoms with van der Waals surface area (Å²) >= 11 is 0. The van der Waals surface area contributed by atoms with Gasteiger partial charge in [0.15, 0.2) is 17.2 Å². The highest BCUT2D eigenvalue weighted by molar-refractivity contribution is 6.28. The predicted molar refractivity (Wildman–Crippen MR) is 306 cm³/mol. The number of imide groups is 2. The molecule has 0 radical (unpaired) electrons. The van der Waals surface area contributed by atoms with Gasteiger partial charge in [-0.05, 0) is 88.3 Å². The van der Waals surface area contributed by atoms with E-state index in [1.165, 1.54) is 48.5 Å². The molecule has 2 aliphatic heterocycles. The van der Waals surface area contributed by atoms with Gasteiger partial charge in [0.25, 0.3) is 23.6 Å². The maximum atomic E-state index is 14.2. The number of hydrogen-bond donors (Lipinski definition) is 2. The molecule has 0 bridgehead atoms. The number of phenolic OH excluding ortho intramolecular Hbond substituents is 1. The van der Waals surface area contributed by atoms with Crippen LogP contribution in [0.2, 0.25) is 0 Å². The van der Waals surface area contributed by atoms with Crippen LogP contribution in [0.1, 0.15) is 107 Å². The second-order valence-corrected chi connectivity index (χ2v) is 19.6. The number of amides is 5. The molecular weight excluding hydrogens is 1060 g/mol. The van der Waals surface area contributed by atoms with E-state index in [0.717, 1.165) is 44.9 Å². The Morgan fingerprint density at radius 3 is 1.29 bits per heavy atom. The number of nitrogens with zero attached hydrogens (tertiary/aromatic N) is 4. The SMILES string of the molecule is CCCCNC(=O)Oc1c2c(c(OC(c3ccccc3)c3ccccc3)c3ncccc13)C(=O)N(Cc1ccc(F)cc1)C2=O.O=C1c2c(c(OC(c3ccccc3)c3ccccc3)c3ncccc3c2O)C(=O)N1Cc1ccc(F)cc1. The molecule has 0 fully saturated rings. The van der Waals surface area contributed by atoms with Gasteiger partial charge in [0.05, 0.1) is 18.7 Å². The quantitative estimate of drug-likeness (QED) is 0.0695. The van der Waals surface area contributed by atoms with Crippen LogP contribution in [-0.2, 0) is 13.1 Å². The number of rotatable bonds is 16. The first-order chi connectivity index (χ1) is 40.5. The number of hydrogen-bond acceptors (Lipinski definition) is 11. The Hall–Kier alpha value is -10.6. The van der Waals surface area contributed by atoms with Crippen LogP contribution in [0, 0.1) is 11.6 Å². The minimum absolute atomic E-state index is 0.0438. The van der Waals surface area contributed by atoms with Crippen molar-refractivity contribution in [1.82, 2.24) is 25.1 Å². The van der Waals surface area contributed by atoms with Crippen LogP contribution in [0.15, 0.2) is 207 Å². The lowest BCUT2D eigenvalue weighted by Gasteiger charge is -2.23. The molecule has 2 aliphatic rings. The molecule has 0 atom stereocenters. The molecule has 0 saturated heterocycles. The minimum Gasteiger partial charge on any atom is -0.506 e. The number of unbranched alkanes of at least 4 members (excludes halogenated alkanes) is 1. The maximum Gasteiger partial charge on any atom is 0.412 e. The third kappa shape index (κ3) is 11.0. The van der Waals surface area contributed by atoms with Crippen molar-refractivity contribution in [2.24, 2.45) is 0 Å². The fourth-order valence-electron chi connectivity index (χ4n) is 10.1. The number of carbonyl (C=O) groups excluding carboxylic acids is 5. The van der Waals surface area contributed by atoms with Crippen LogP contribution in [0.3, 0.4) is 0 Å². The Balaban J connectivity index is 0.000000176. The van der Waals surface area contributed by atoms with Gasteiger partial charge < -0.3 is 24.6 Å². The fraction of sp³-hybridized carbons (Fsp3) is 0.119. The molecule has 0 aliphatic carbocycles. The van der Waals surface area contributed by atoms with Gasteiger partial charge in [-0.3, -0.25) is 38.9 Å². The summed E-state index contributed by atoms with van der Waals surface area (Å²) in [6, 6.07) is 55.8. The molecule has 0 saturated carbocycles. The first-order valence-electron chi connectivity index (χ1n) is 26.8. The summed E-state index contributed by atoms with van der Waals surface area (Å²) in [7, 11) is 0. The normalized spacial score (nSPS) is 12.6. The van der Waals surface area contributed by atoms with Crippen LogP contribution < -0.4 is 19.5 Å². The number of benzene rings is 8. The number of aromatic nitrogens is 2. The molecule has 2 N–H and O–H groups in total. The van der Waals surface area contributed by atoms with Crippen molar-refractivity contribution in [3.8, 4) is 23.0 Å². The van der Waals surface area contributed by atoms with Gasteiger partial charge in [0.2, 0.25) is 0 Å². The van der Waals surface area contributed by atoms with E-state index in [-0.39, 0.29) is 69.4 Å². The Labute approximate surface area is 475 Å². The maximum absolute atomic E-state index is 14.2. The summed E-state index contributed by atoms with van der Waals surface area (Å²) in [5, 5.41) is 14.5. The van der Waals surface area contributed by atoms with Crippen LogP contribution in [0.5, 0.6) is 23.0 Å². The monoisotopic (exact) mass is 1110 g/mol. The molecule has 10 aromatic rings. The second kappa shape index (κ2) is 24.0. The molecule has 2 aromatic heterocycles. The zero-order valence-corrected chi connectivity index (χ0v) is 44.6. The molecule has 16 heteroatoms. The van der Waals surface area contributed by atoms with Crippen LogP contribution >= 0.6 is 0 Å². The third-order valence-corrected chi connectivity index (χ3v) is 14.2. The van der Waals surface area contributed by atoms with E-state index in [1.807, 2.05) is 128 Å². The molecule has 12 rings (SSSR count). The van der Waals surface area contributed by atoms with E-state index >= 15 is 0 Å². The lowest BCUT2D eigenvalue weighted by atomic mass is 9.99. The zero-order chi connectivity index (χ0) is 57.6. The molecule has 412 valence electrons. The van der Waals surface area contributed by atoms with E-state index in [4.69, 9.17) is 14.2 Å². The van der Waals surface area contributed by atoms with Crippen LogP contribution in [0.4, 0.5) is 13.6 Å². The van der Waals surface area contributed by atoms with E-state index in [9.17, 15) is 37.9 Å². The van der Waals surface area contributed by atoms with Gasteiger partial charge in [0, 0.05) is 29.7 Å². The van der Waals surface area contributed by atoms with Crippen LogP contribution in [0.25, 0.3) is 21.8 Å². The van der Waals surface area contributed by atoms with Gasteiger partial charge in [0.1, 0.15) is 57.3 Å². The zero-order valence-electron chi connectivity index (χ0n) is 44.6. The highest BCUT2D eigenvalue weighted by atomic mass is 19.1. The number of fused-ring (bicyclic) bond motifs is 4. The predicted octanol–water partition coefficient (Wildman–Crippen LogP) is 13.3. The Morgan fingerprint density at radius 1 is 0.494 bits per heavy atom. The van der Waals surface area contributed by atoms with E-state index < -0.39 is 53.6 Å². The standard InChI is InChI=1S/C36H30FN3O5.C31H21FN2O4/c1-2-3-20-39-36(43)45-32-27-15-10-21-38-30(27)33(44-31(24-11-6-4-7-12-24)25-13-8-5-9-14-25)29-28(32)34(41)40(35(29)42)22-23-16-18-26(37)19-17-23;32-22-15-13-19(14-16-22)18-34-30(36)24-25(31(34)37)29(26-23(27(24)35)12-7-17-33-26)38-28(20-8-3-1-4-9-20)21-10-5-2-6-11-21/h4-19,21,31H,2-3,20,22H2,1H3,(H,39,43);1-17,28,35H,18H2. The lowest BCUT2D eigenvalue weighted by Crippen LogP contribution is -2.30. The first-order valence-corrected chi connectivity index (χ1v) is 26.8. The van der Waals surface area contributed by atoms with E-state index in [2.05, 4.69) is 15.3 Å². The number of carbonyl (C=O) groups is 5. The first kappa shape index (κ1) is 54.4. The lowest BCUT2D eigenvalue weighted by molar-refractivity contribution is 0.0624. The Kier molecular flexibility index (Phi) is 15.7. The van der Waals surface area contributed by atoms with Gasteiger partial charge in [-0.2, -0.15) is 0 Å². The van der Waals surface area contributed by atoms with Crippen molar-refractivity contribution in [1.29, 1.82) is 0 Å². The van der Waals surface area contributed by atoms with Gasteiger partial charge in [-0.25, -0.2) is 13.6 Å². The summed E-state index contributed by atoms with van der Waals surface area (Å²) in [4.78, 5) is 79.6. The summed E-state index contributed by atoms with van der Waals surface area (Å²) in [5.74, 6) is -3.63. The number of nitrogens with one attached hydrogen (secondary N) is 1. The van der Waals surface area contributed by atoms with Gasteiger partial charge in [-0.15, -0.1) is 0 Å².